The van der Waals surface area contributed by atoms with Crippen LogP contribution in [0.2, 0.25) is 0 Å². The smallest absolute Gasteiger partial charge is 0.410 e. The molecule has 0 aliphatic carbocycles. The number of carbonyl (C=O) groups is 1. The molecule has 1 aliphatic rings. The molecule has 2 N–H and O–H groups in total. The van der Waals surface area contributed by atoms with Gasteiger partial charge in [-0.05, 0) is 40.5 Å². The minimum absolute atomic E-state index is 0.255. The summed E-state index contributed by atoms with van der Waals surface area (Å²) < 4.78 is 7.90. The van der Waals surface area contributed by atoms with Gasteiger partial charge in [0.25, 0.3) is 5.56 Å². The van der Waals surface area contributed by atoms with Crippen molar-refractivity contribution in [3.05, 3.63) is 37.9 Å². The van der Waals surface area contributed by atoms with Gasteiger partial charge < -0.3 is 9.72 Å². The second-order valence-electron chi connectivity index (χ2n) is 8.25. The molecule has 13 heteroatoms. The van der Waals surface area contributed by atoms with Crippen LogP contribution in [0.3, 0.4) is 0 Å². The number of likely N-dealkylation sites (tertiary alicyclic amines) is 1. The van der Waals surface area contributed by atoms with Gasteiger partial charge in [-0.2, -0.15) is 4.52 Å². The molecule has 166 valence electrons. The highest BCUT2D eigenvalue weighted by atomic mass is 32.2. The van der Waals surface area contributed by atoms with Gasteiger partial charge in [-0.1, -0.05) is 23.1 Å². The van der Waals surface area contributed by atoms with Crippen molar-refractivity contribution < 1.29 is 9.53 Å². The van der Waals surface area contributed by atoms with Gasteiger partial charge in [0.05, 0.1) is 6.04 Å². The molecule has 0 saturated carbocycles. The summed E-state index contributed by atoms with van der Waals surface area (Å²) >= 11 is 2.73. The molecular weight excluding hydrogens is 442 g/mol. The van der Waals surface area contributed by atoms with Crippen LogP contribution >= 0.6 is 23.1 Å². The normalized spacial score (nSPS) is 16.9. The Morgan fingerprint density at radius 2 is 2.06 bits per heavy atom. The van der Waals surface area contributed by atoms with Gasteiger partial charge in [0.1, 0.15) is 5.60 Å². The predicted octanol–water partition coefficient (Wildman–Crippen LogP) is 2.24. The summed E-state index contributed by atoms with van der Waals surface area (Å²) in [7, 11) is 0. The molecule has 4 heterocycles. The van der Waals surface area contributed by atoms with E-state index in [-0.39, 0.29) is 12.1 Å². The van der Waals surface area contributed by atoms with E-state index in [0.29, 0.717) is 38.7 Å². The van der Waals surface area contributed by atoms with Crippen LogP contribution in [-0.2, 0) is 10.5 Å². The highest BCUT2D eigenvalue weighted by Crippen LogP contribution is 2.34. The zero-order chi connectivity index (χ0) is 22.3. The van der Waals surface area contributed by atoms with Crippen molar-refractivity contribution in [1.29, 1.82) is 0 Å². The maximum absolute atomic E-state index is 12.6. The number of aromatic nitrogens is 6. The maximum Gasteiger partial charge on any atom is 0.410 e. The SMILES string of the molecule is Cc1[nH]c(=O)[nH]c(=O)c1CSc1nn2c(C3CCCN3C(=O)OC(C)(C)C)nnc2s1. The first-order chi connectivity index (χ1) is 14.6. The molecule has 1 aliphatic heterocycles. The Bertz CT molecular complexity index is 1240. The summed E-state index contributed by atoms with van der Waals surface area (Å²) in [5, 5.41) is 13.1. The Labute approximate surface area is 185 Å². The van der Waals surface area contributed by atoms with Crippen LogP contribution in [-0.4, -0.2) is 52.9 Å². The fourth-order valence-corrected chi connectivity index (χ4v) is 5.36. The van der Waals surface area contributed by atoms with Crippen LogP contribution in [0.4, 0.5) is 4.79 Å². The van der Waals surface area contributed by atoms with Crippen LogP contribution in [0, 0.1) is 6.92 Å². The first kappa shape index (κ1) is 21.6. The quantitative estimate of drug-likeness (QED) is 0.560. The van der Waals surface area contributed by atoms with E-state index in [4.69, 9.17) is 4.74 Å². The summed E-state index contributed by atoms with van der Waals surface area (Å²) in [5.74, 6) is 0.949. The van der Waals surface area contributed by atoms with Crippen molar-refractivity contribution >= 4 is 34.2 Å². The molecule has 31 heavy (non-hydrogen) atoms. The first-order valence-corrected chi connectivity index (χ1v) is 11.6. The number of fused-ring (bicyclic) bond motifs is 1. The van der Waals surface area contributed by atoms with Crippen LogP contribution in [0.1, 0.15) is 56.7 Å². The number of thioether (sulfide) groups is 1. The molecule has 3 aromatic rings. The fourth-order valence-electron chi connectivity index (χ4n) is 3.39. The first-order valence-electron chi connectivity index (χ1n) is 9.79. The zero-order valence-electron chi connectivity index (χ0n) is 17.6. The van der Waals surface area contributed by atoms with Gasteiger partial charge >= 0.3 is 11.8 Å². The Kier molecular flexibility index (Phi) is 5.64. The topological polar surface area (TPSA) is 138 Å². The number of amides is 1. The number of aromatic amines is 2. The van der Waals surface area contributed by atoms with Gasteiger partial charge in [0, 0.05) is 23.6 Å². The molecule has 4 rings (SSSR count). The Morgan fingerprint density at radius 3 is 2.77 bits per heavy atom. The third kappa shape index (κ3) is 4.51. The van der Waals surface area contributed by atoms with Crippen molar-refractivity contribution in [3.8, 4) is 0 Å². The second kappa shape index (κ2) is 8.11. The highest BCUT2D eigenvalue weighted by Gasteiger charge is 2.36. The number of aryl methyl sites for hydroxylation is 1. The molecule has 1 amide bonds. The molecule has 0 bridgehead atoms. The summed E-state index contributed by atoms with van der Waals surface area (Å²) in [4.78, 5) is 43.1. The molecule has 0 spiro atoms. The van der Waals surface area contributed by atoms with Crippen LogP contribution in [0.25, 0.3) is 4.96 Å². The number of H-pyrrole nitrogens is 2. The highest BCUT2D eigenvalue weighted by molar-refractivity contribution is 8.00. The summed E-state index contributed by atoms with van der Waals surface area (Å²) in [6.45, 7) is 7.79. The van der Waals surface area contributed by atoms with Gasteiger partial charge in [0.15, 0.2) is 10.2 Å². The number of nitrogens with zero attached hydrogens (tertiary/aromatic N) is 5. The van der Waals surface area contributed by atoms with Gasteiger partial charge in [0.2, 0.25) is 4.96 Å². The summed E-state index contributed by atoms with van der Waals surface area (Å²) in [5.41, 5.74) is -0.485. The van der Waals surface area contributed by atoms with E-state index < -0.39 is 16.9 Å². The minimum atomic E-state index is -0.577. The van der Waals surface area contributed by atoms with E-state index in [1.54, 1.807) is 16.3 Å². The van der Waals surface area contributed by atoms with E-state index in [1.807, 2.05) is 20.8 Å². The molecular formula is C18H23N7O4S2. The van der Waals surface area contributed by atoms with Crippen LogP contribution in [0.15, 0.2) is 13.9 Å². The number of rotatable bonds is 4. The lowest BCUT2D eigenvalue weighted by Gasteiger charge is -2.27. The summed E-state index contributed by atoms with van der Waals surface area (Å²) in [6, 6.07) is -0.255. The zero-order valence-corrected chi connectivity index (χ0v) is 19.2. The lowest BCUT2D eigenvalue weighted by atomic mass is 10.2. The fraction of sp³-hybridized carbons (Fsp3) is 0.556. The molecule has 11 nitrogen and oxygen atoms in total. The van der Waals surface area contributed by atoms with Crippen molar-refractivity contribution in [3.63, 3.8) is 0 Å². The minimum Gasteiger partial charge on any atom is -0.444 e. The predicted molar refractivity (Wildman–Crippen MR) is 116 cm³/mol. The number of hydrogen-bond donors (Lipinski definition) is 2. The molecule has 1 unspecified atom stereocenters. The van der Waals surface area contributed by atoms with Gasteiger partial charge in [-0.25, -0.2) is 9.59 Å². The van der Waals surface area contributed by atoms with E-state index in [1.165, 1.54) is 23.1 Å². The van der Waals surface area contributed by atoms with Crippen LogP contribution in [0.5, 0.6) is 0 Å². The number of hydrogen-bond acceptors (Lipinski definition) is 9. The number of carbonyl (C=O) groups excluding carboxylic acids is 1. The largest absolute Gasteiger partial charge is 0.444 e. The molecule has 3 aromatic heterocycles. The average Bonchev–Trinajstić information content (AvgIpc) is 3.34. The lowest BCUT2D eigenvalue weighted by Crippen LogP contribution is -2.37. The van der Waals surface area contributed by atoms with E-state index in [9.17, 15) is 14.4 Å². The summed E-state index contributed by atoms with van der Waals surface area (Å²) in [6.07, 6.45) is 1.23. The third-order valence-corrected chi connectivity index (χ3v) is 6.83. The molecule has 1 fully saturated rings. The number of nitrogens with one attached hydrogen (secondary N) is 2. The van der Waals surface area contributed by atoms with E-state index in [0.717, 1.165) is 12.8 Å². The Morgan fingerprint density at radius 1 is 1.29 bits per heavy atom. The van der Waals surface area contributed by atoms with Crippen molar-refractivity contribution in [2.75, 3.05) is 6.54 Å². The lowest BCUT2D eigenvalue weighted by molar-refractivity contribution is 0.0217. The van der Waals surface area contributed by atoms with Crippen LogP contribution < -0.4 is 11.2 Å². The van der Waals surface area contributed by atoms with Gasteiger partial charge in [-0.15, -0.1) is 15.3 Å². The van der Waals surface area contributed by atoms with Gasteiger partial charge in [-0.3, -0.25) is 14.7 Å². The van der Waals surface area contributed by atoms with E-state index >= 15 is 0 Å². The van der Waals surface area contributed by atoms with E-state index in [2.05, 4.69) is 25.3 Å². The molecule has 1 saturated heterocycles. The standard InChI is InChI=1S/C18H23N7O4S2/c1-9-10(13(26)20-14(27)19-9)8-30-16-23-25-12(21-22-15(25)31-16)11-6-5-7-24(11)17(28)29-18(2,3)4/h11H,5-8H2,1-4H3,(H2,19,20,26,27). The maximum atomic E-state index is 12.6. The van der Waals surface area contributed by atoms with Crippen molar-refractivity contribution in [2.45, 2.75) is 62.3 Å². The third-order valence-electron chi connectivity index (χ3n) is 4.77. The average molecular weight is 466 g/mol. The molecule has 1 atom stereocenters. The monoisotopic (exact) mass is 465 g/mol. The molecule has 0 aromatic carbocycles. The Hall–Kier alpha value is -2.67. The molecule has 0 radical (unpaired) electrons. The van der Waals surface area contributed by atoms with Crippen molar-refractivity contribution in [2.24, 2.45) is 0 Å². The van der Waals surface area contributed by atoms with Crippen molar-refractivity contribution in [1.82, 2.24) is 34.7 Å². The number of ether oxygens (including phenoxy) is 1. The second-order valence-corrected chi connectivity index (χ2v) is 10.4. The Balaban J connectivity index is 1.55.